The molecular weight excluding hydrogens is 863 g/mol. The molecule has 3 atom stereocenters. The average Bonchev–Trinajstić information content (AvgIpc) is 3.60. The molecule has 0 spiro atoms. The van der Waals surface area contributed by atoms with Crippen molar-refractivity contribution in [3.8, 4) is 28.1 Å². The van der Waals surface area contributed by atoms with Gasteiger partial charge in [-0.15, -0.1) is 0 Å². The molecule has 364 valence electrons. The summed E-state index contributed by atoms with van der Waals surface area (Å²) in [6.45, 7) is 15.7. The molecule has 3 aromatic carbocycles. The molecule has 3 aliphatic rings. The maximum absolute atomic E-state index is 14.8. The zero-order chi connectivity index (χ0) is 49.2. The summed E-state index contributed by atoms with van der Waals surface area (Å²) in [6, 6.07) is 17.6. The van der Waals surface area contributed by atoms with Gasteiger partial charge >= 0.3 is 5.97 Å². The lowest BCUT2D eigenvalue weighted by Gasteiger charge is -2.40. The van der Waals surface area contributed by atoms with Gasteiger partial charge in [0.1, 0.15) is 17.8 Å². The van der Waals surface area contributed by atoms with Crippen LogP contribution in [0.2, 0.25) is 0 Å². The summed E-state index contributed by atoms with van der Waals surface area (Å²) < 4.78 is 8.32. The highest BCUT2D eigenvalue weighted by atomic mass is 16.6. The second-order valence-corrected chi connectivity index (χ2v) is 20.3. The second kappa shape index (κ2) is 20.3. The van der Waals surface area contributed by atoms with Crippen molar-refractivity contribution in [1.29, 1.82) is 0 Å². The molecule has 0 saturated carbocycles. The van der Waals surface area contributed by atoms with E-state index in [1.165, 1.54) is 11.0 Å². The van der Waals surface area contributed by atoms with Crippen molar-refractivity contribution in [2.45, 2.75) is 104 Å². The van der Waals surface area contributed by atoms with Crippen LogP contribution in [0.25, 0.3) is 33.3 Å². The van der Waals surface area contributed by atoms with Crippen LogP contribution in [0.3, 0.4) is 0 Å². The van der Waals surface area contributed by atoms with Gasteiger partial charge in [0.05, 0.1) is 12.3 Å². The quantitative estimate of drug-likeness (QED) is 0.115. The van der Waals surface area contributed by atoms with E-state index < -0.39 is 46.9 Å². The Hall–Kier alpha value is -6.03. The summed E-state index contributed by atoms with van der Waals surface area (Å²) in [7, 11) is 5.68. The van der Waals surface area contributed by atoms with E-state index in [4.69, 9.17) is 4.74 Å². The van der Waals surface area contributed by atoms with Gasteiger partial charge in [-0.1, -0.05) is 70.7 Å². The normalized spacial score (nSPS) is 20.8. The molecule has 0 unspecified atom stereocenters. The van der Waals surface area contributed by atoms with Gasteiger partial charge in [-0.05, 0) is 111 Å². The third kappa shape index (κ3) is 10.5. The molecule has 3 aliphatic heterocycles. The van der Waals surface area contributed by atoms with Gasteiger partial charge in [-0.25, -0.2) is 4.79 Å². The molecule has 2 saturated heterocycles. The van der Waals surface area contributed by atoms with E-state index in [2.05, 4.69) is 70.1 Å². The summed E-state index contributed by atoms with van der Waals surface area (Å²) in [5, 5.41) is 28.4. The Morgan fingerprint density at radius 2 is 1.72 bits per heavy atom. The highest BCUT2D eigenvalue weighted by Gasteiger charge is 2.46. The number of carbonyl (C=O) groups is 5. The van der Waals surface area contributed by atoms with Gasteiger partial charge in [-0.2, -0.15) is 5.43 Å². The number of carbonyl (C=O) groups excluding carboxylic acids is 5. The number of phenolic OH excluding ortho intramolecular Hbond substituents is 1. The molecule has 68 heavy (non-hydrogen) atoms. The van der Waals surface area contributed by atoms with Gasteiger partial charge in [0.15, 0.2) is 0 Å². The lowest BCUT2D eigenvalue weighted by atomic mass is 9.83. The molecule has 1 aromatic heterocycles. The van der Waals surface area contributed by atoms with Gasteiger partial charge < -0.3 is 39.5 Å². The Balaban J connectivity index is 1.31. The number of ether oxygens (including phenoxy) is 1. The number of benzene rings is 3. The molecule has 2 fully saturated rings. The summed E-state index contributed by atoms with van der Waals surface area (Å²) in [6.07, 6.45) is 2.79. The van der Waals surface area contributed by atoms with Crippen LogP contribution in [0.1, 0.15) is 77.0 Å². The molecule has 15 nitrogen and oxygen atoms in total. The molecule has 7 rings (SSSR count). The number of esters is 1. The first-order valence-electron chi connectivity index (χ1n) is 23.9. The number of nitrogens with zero attached hydrogens (tertiary/aromatic N) is 5. The Morgan fingerprint density at radius 1 is 1.00 bits per heavy atom. The van der Waals surface area contributed by atoms with Crippen LogP contribution >= 0.6 is 0 Å². The van der Waals surface area contributed by atoms with E-state index in [1.54, 1.807) is 24.1 Å². The molecular formula is C53H69N7O8. The molecule has 4 N–H and O–H groups in total. The van der Waals surface area contributed by atoms with E-state index in [1.807, 2.05) is 53.9 Å². The number of phenols is 1. The predicted molar refractivity (Wildman–Crippen MR) is 262 cm³/mol. The van der Waals surface area contributed by atoms with Gasteiger partial charge in [-0.3, -0.25) is 24.2 Å². The van der Waals surface area contributed by atoms with Crippen LogP contribution in [0.5, 0.6) is 5.75 Å². The number of aryl methyl sites for hydroxylation is 1. The number of likely N-dealkylation sites (N-methyl/N-ethyl adjacent to an activating group) is 1. The molecule has 4 heterocycles. The summed E-state index contributed by atoms with van der Waals surface area (Å²) in [4.78, 5) is 74.8. The molecule has 15 heteroatoms. The lowest BCUT2D eigenvalue weighted by Crippen LogP contribution is -2.67. The van der Waals surface area contributed by atoms with Gasteiger partial charge in [0, 0.05) is 80.4 Å². The van der Waals surface area contributed by atoms with E-state index in [0.717, 1.165) is 50.4 Å². The highest BCUT2D eigenvalue weighted by molar-refractivity contribution is 5.96. The minimum Gasteiger partial charge on any atom is -0.508 e. The van der Waals surface area contributed by atoms with E-state index >= 15 is 0 Å². The molecule has 0 aliphatic carbocycles. The summed E-state index contributed by atoms with van der Waals surface area (Å²) in [5.41, 5.74) is 7.40. The smallest absolute Gasteiger partial charge is 0.355 e. The average molecular weight is 932 g/mol. The Labute approximate surface area is 400 Å². The Morgan fingerprint density at radius 3 is 2.40 bits per heavy atom. The predicted octanol–water partition coefficient (Wildman–Crippen LogP) is 5.64. The van der Waals surface area contributed by atoms with Crippen molar-refractivity contribution in [3.05, 3.63) is 90.0 Å². The van der Waals surface area contributed by atoms with Crippen LogP contribution in [-0.2, 0) is 54.6 Å². The number of aromatic nitrogens is 1. The number of cyclic esters (lactones) is 1. The number of hydrogen-bond donors (Lipinski definition) is 4. The number of aromatic hydroxyl groups is 1. The highest BCUT2D eigenvalue weighted by Crippen LogP contribution is 2.42. The standard InChI is InChI=1S/C53H69N7O8/c1-10-45(62)58-23-19-35(20-24-58)49(64)57(9)46(33(3)4)48(63)54-43-27-34-25-38(28-39(61)26-34)36-17-18-44-41(29-36)42(47(59(44)11-2)40-16-13-12-15-37(40)31-56(7)8)30-52(5,6)32-68-51(66)53(67)21-14-22-60(55-53)50(43)65/h10,12-13,15-18,25-26,28-29,33,35,43,46,55,61,67H,1,11,14,19-24,27,30-32H2,2-9H3,(H,54,63)/t43-,46-,53-/m0/s1. The largest absolute Gasteiger partial charge is 0.508 e. The fourth-order valence-electron chi connectivity index (χ4n) is 10.4. The zero-order valence-electron chi connectivity index (χ0n) is 40.9. The van der Waals surface area contributed by atoms with Gasteiger partial charge in [0.25, 0.3) is 5.91 Å². The first kappa shape index (κ1) is 49.9. The van der Waals surface area contributed by atoms with Gasteiger partial charge in [0.2, 0.25) is 23.4 Å². The van der Waals surface area contributed by atoms with E-state index in [-0.39, 0.29) is 55.9 Å². The van der Waals surface area contributed by atoms with Crippen molar-refractivity contribution >= 4 is 40.5 Å². The maximum Gasteiger partial charge on any atom is 0.355 e. The third-order valence-corrected chi connectivity index (χ3v) is 13.7. The van der Waals surface area contributed by atoms with Crippen molar-refractivity contribution in [1.82, 2.24) is 35.0 Å². The van der Waals surface area contributed by atoms with Crippen molar-refractivity contribution in [2.75, 3.05) is 47.4 Å². The number of nitrogens with one attached hydrogen (secondary N) is 2. The Bertz CT molecular complexity index is 2580. The van der Waals surface area contributed by atoms with Crippen LogP contribution in [0, 0.1) is 17.3 Å². The number of rotatable bonds is 10. The molecule has 4 amide bonds. The maximum atomic E-state index is 14.8. The Kier molecular flexibility index (Phi) is 14.9. The van der Waals surface area contributed by atoms with Crippen LogP contribution in [0.4, 0.5) is 0 Å². The van der Waals surface area contributed by atoms with Crippen molar-refractivity contribution in [2.24, 2.45) is 17.3 Å². The zero-order valence-corrected chi connectivity index (χ0v) is 40.9. The number of hydrazine groups is 1. The van der Waals surface area contributed by atoms with Crippen LogP contribution in [0.15, 0.2) is 73.3 Å². The topological polar surface area (TPSA) is 177 Å². The third-order valence-electron chi connectivity index (χ3n) is 13.7. The number of aliphatic hydroxyl groups is 1. The number of fused-ring (bicyclic) bond motifs is 6. The van der Waals surface area contributed by atoms with Crippen LogP contribution in [-0.4, -0.2) is 129 Å². The molecule has 6 bridgehead atoms. The monoisotopic (exact) mass is 932 g/mol. The first-order chi connectivity index (χ1) is 32.2. The second-order valence-electron chi connectivity index (χ2n) is 20.3. The van der Waals surface area contributed by atoms with E-state index in [0.29, 0.717) is 50.0 Å². The minimum atomic E-state index is -2.25. The van der Waals surface area contributed by atoms with E-state index in [9.17, 15) is 34.2 Å². The molecule has 4 aromatic rings. The SMILES string of the molecule is C=CC(=O)N1CCC(C(=O)N(C)[C@H](C(=O)N[C@H]2Cc3cc(O)cc(c3)-c3ccc4c(c3)c(c(-c3ccccc3CN(C)C)n4CC)CC(C)(C)COC(=O)[C@@]3(O)CCCN(N3)C2=O)C(C)C)CC1. The lowest BCUT2D eigenvalue weighted by molar-refractivity contribution is -0.189. The number of hydrogen-bond acceptors (Lipinski definition) is 10. The molecule has 0 radical (unpaired) electrons. The summed E-state index contributed by atoms with van der Waals surface area (Å²) >= 11 is 0. The van der Waals surface area contributed by atoms with Crippen molar-refractivity contribution in [3.63, 3.8) is 0 Å². The number of amides is 4. The van der Waals surface area contributed by atoms with Crippen LogP contribution < -0.4 is 10.7 Å². The summed E-state index contributed by atoms with van der Waals surface area (Å²) in [5.74, 6) is -3.34. The number of piperidine rings is 1. The minimum absolute atomic E-state index is 0.0223. The van der Waals surface area contributed by atoms with Crippen molar-refractivity contribution < 1.29 is 38.9 Å². The first-order valence-corrected chi connectivity index (χ1v) is 23.9. The number of likely N-dealkylation sites (tertiary alicyclic amines) is 1. The fourth-order valence-corrected chi connectivity index (χ4v) is 10.4. The fraction of sp³-hybridized carbons (Fsp3) is 0.491.